The van der Waals surface area contributed by atoms with E-state index in [0.717, 1.165) is 28.5 Å². The zero-order valence-corrected chi connectivity index (χ0v) is 13.8. The summed E-state index contributed by atoms with van der Waals surface area (Å²) in [7, 11) is 1.64. The number of nitrogens with one attached hydrogen (secondary N) is 1. The molecule has 120 valence electrons. The summed E-state index contributed by atoms with van der Waals surface area (Å²) in [5.41, 5.74) is 1.93. The molecule has 0 saturated carbocycles. The van der Waals surface area contributed by atoms with E-state index in [4.69, 9.17) is 16.3 Å². The molecule has 23 heavy (non-hydrogen) atoms. The SMILES string of the molecule is CC[C@@H](Nc1cc(COC)nc2ncnn12)c1cccc(Cl)c1. The molecular weight excluding hydrogens is 314 g/mol. The molecule has 3 rings (SSSR count). The maximum Gasteiger partial charge on any atom is 0.254 e. The van der Waals surface area contributed by atoms with Crippen molar-refractivity contribution in [2.45, 2.75) is 26.0 Å². The second kappa shape index (κ2) is 6.93. The monoisotopic (exact) mass is 331 g/mol. The number of hydrogen-bond donors (Lipinski definition) is 1. The summed E-state index contributed by atoms with van der Waals surface area (Å²) in [6.07, 6.45) is 2.39. The van der Waals surface area contributed by atoms with Crippen LogP contribution >= 0.6 is 11.6 Å². The molecule has 0 unspecified atom stereocenters. The third-order valence-corrected chi connectivity index (χ3v) is 3.81. The summed E-state index contributed by atoms with van der Waals surface area (Å²) in [5, 5.41) is 8.46. The van der Waals surface area contributed by atoms with Gasteiger partial charge in [0, 0.05) is 18.2 Å². The number of benzene rings is 1. The van der Waals surface area contributed by atoms with E-state index in [0.29, 0.717) is 12.4 Å². The fraction of sp³-hybridized carbons (Fsp3) is 0.312. The van der Waals surface area contributed by atoms with Crippen molar-refractivity contribution in [3.63, 3.8) is 0 Å². The van der Waals surface area contributed by atoms with Crippen LogP contribution in [0.4, 0.5) is 5.82 Å². The van der Waals surface area contributed by atoms with Crippen molar-refractivity contribution >= 4 is 23.2 Å². The van der Waals surface area contributed by atoms with E-state index in [1.54, 1.807) is 11.6 Å². The summed E-state index contributed by atoms with van der Waals surface area (Å²) in [6.45, 7) is 2.54. The third-order valence-electron chi connectivity index (χ3n) is 3.58. The maximum atomic E-state index is 6.11. The van der Waals surface area contributed by atoms with E-state index >= 15 is 0 Å². The number of ether oxygens (including phenoxy) is 1. The van der Waals surface area contributed by atoms with Gasteiger partial charge < -0.3 is 10.1 Å². The summed E-state index contributed by atoms with van der Waals surface area (Å²) in [6, 6.07) is 9.89. The molecule has 1 atom stereocenters. The van der Waals surface area contributed by atoms with Gasteiger partial charge in [-0.2, -0.15) is 14.6 Å². The van der Waals surface area contributed by atoms with Crippen molar-refractivity contribution in [2.75, 3.05) is 12.4 Å². The fourth-order valence-electron chi connectivity index (χ4n) is 2.51. The Labute approximate surface area is 139 Å². The van der Waals surface area contributed by atoms with E-state index in [1.807, 2.05) is 24.3 Å². The van der Waals surface area contributed by atoms with E-state index in [1.165, 1.54) is 6.33 Å². The molecule has 3 aromatic rings. The Balaban J connectivity index is 1.96. The van der Waals surface area contributed by atoms with Gasteiger partial charge in [0.15, 0.2) is 0 Å². The number of hydrogen-bond acceptors (Lipinski definition) is 5. The largest absolute Gasteiger partial charge is 0.378 e. The number of anilines is 1. The Bertz CT molecular complexity index is 804. The van der Waals surface area contributed by atoms with Gasteiger partial charge in [-0.3, -0.25) is 0 Å². The summed E-state index contributed by atoms with van der Waals surface area (Å²) >= 11 is 6.11. The molecule has 0 saturated heterocycles. The molecule has 0 aliphatic rings. The van der Waals surface area contributed by atoms with Crippen molar-refractivity contribution in [3.05, 3.63) is 52.9 Å². The van der Waals surface area contributed by atoms with Crippen LogP contribution < -0.4 is 5.32 Å². The predicted molar refractivity (Wildman–Crippen MR) is 89.6 cm³/mol. The first kappa shape index (κ1) is 15.7. The molecule has 7 heteroatoms. The highest BCUT2D eigenvalue weighted by Crippen LogP contribution is 2.25. The Hall–Kier alpha value is -2.18. The third kappa shape index (κ3) is 3.43. The fourth-order valence-corrected chi connectivity index (χ4v) is 2.71. The number of methoxy groups -OCH3 is 1. The minimum absolute atomic E-state index is 0.110. The minimum Gasteiger partial charge on any atom is -0.378 e. The average molecular weight is 332 g/mol. The van der Waals surface area contributed by atoms with Gasteiger partial charge in [0.2, 0.25) is 0 Å². The number of fused-ring (bicyclic) bond motifs is 1. The quantitative estimate of drug-likeness (QED) is 0.749. The Kier molecular flexibility index (Phi) is 4.73. The zero-order chi connectivity index (χ0) is 16.2. The molecule has 2 heterocycles. The number of aromatic nitrogens is 4. The van der Waals surface area contributed by atoms with Crippen LogP contribution in [-0.4, -0.2) is 26.7 Å². The molecule has 0 fully saturated rings. The lowest BCUT2D eigenvalue weighted by molar-refractivity contribution is 0.181. The Morgan fingerprint density at radius 3 is 2.96 bits per heavy atom. The van der Waals surface area contributed by atoms with Gasteiger partial charge in [0.05, 0.1) is 18.3 Å². The predicted octanol–water partition coefficient (Wildman–Crippen LogP) is 3.49. The molecular formula is C16H18ClN5O. The van der Waals surface area contributed by atoms with Crippen LogP contribution in [0.15, 0.2) is 36.7 Å². The van der Waals surface area contributed by atoms with E-state index in [2.05, 4.69) is 33.4 Å². The van der Waals surface area contributed by atoms with Crippen LogP contribution in [0.25, 0.3) is 5.78 Å². The second-order valence-corrected chi connectivity index (χ2v) is 5.63. The highest BCUT2D eigenvalue weighted by atomic mass is 35.5. The highest BCUT2D eigenvalue weighted by Gasteiger charge is 2.14. The number of halogens is 1. The summed E-state index contributed by atoms with van der Waals surface area (Å²) in [4.78, 5) is 8.58. The summed E-state index contributed by atoms with van der Waals surface area (Å²) < 4.78 is 6.86. The van der Waals surface area contributed by atoms with Gasteiger partial charge in [-0.1, -0.05) is 30.7 Å². The second-order valence-electron chi connectivity index (χ2n) is 5.20. The van der Waals surface area contributed by atoms with Crippen LogP contribution in [0.3, 0.4) is 0 Å². The van der Waals surface area contributed by atoms with Crippen LogP contribution in [0.5, 0.6) is 0 Å². The van der Waals surface area contributed by atoms with Gasteiger partial charge in [-0.05, 0) is 24.1 Å². The van der Waals surface area contributed by atoms with Crippen LogP contribution in [0.2, 0.25) is 5.02 Å². The van der Waals surface area contributed by atoms with Crippen LogP contribution in [0, 0.1) is 0 Å². The molecule has 0 spiro atoms. The van der Waals surface area contributed by atoms with Gasteiger partial charge in [0.1, 0.15) is 12.1 Å². The van der Waals surface area contributed by atoms with Crippen molar-refractivity contribution in [1.82, 2.24) is 19.6 Å². The zero-order valence-electron chi connectivity index (χ0n) is 13.0. The first-order valence-electron chi connectivity index (χ1n) is 7.42. The van der Waals surface area contributed by atoms with Crippen LogP contribution in [-0.2, 0) is 11.3 Å². The standard InChI is InChI=1S/C16H18ClN5O/c1-3-14(11-5-4-6-12(17)7-11)21-15-8-13(9-23-2)20-16-18-10-19-22(15)16/h4-8,10,14,21H,3,9H2,1-2H3/t14-/m1/s1. The van der Waals surface area contributed by atoms with Crippen molar-refractivity contribution in [2.24, 2.45) is 0 Å². The molecule has 1 aromatic carbocycles. The molecule has 0 bridgehead atoms. The van der Waals surface area contributed by atoms with Crippen molar-refractivity contribution in [1.29, 1.82) is 0 Å². The van der Waals surface area contributed by atoms with E-state index in [9.17, 15) is 0 Å². The van der Waals surface area contributed by atoms with Crippen molar-refractivity contribution in [3.8, 4) is 0 Å². The maximum absolute atomic E-state index is 6.11. The van der Waals surface area contributed by atoms with E-state index < -0.39 is 0 Å². The Morgan fingerprint density at radius 2 is 2.22 bits per heavy atom. The lowest BCUT2D eigenvalue weighted by atomic mass is 10.0. The highest BCUT2D eigenvalue weighted by molar-refractivity contribution is 6.30. The van der Waals surface area contributed by atoms with Gasteiger partial charge in [-0.25, -0.2) is 4.98 Å². The lowest BCUT2D eigenvalue weighted by Crippen LogP contribution is -2.14. The molecule has 1 N–H and O–H groups in total. The number of rotatable bonds is 6. The topological polar surface area (TPSA) is 64.3 Å². The first-order chi connectivity index (χ1) is 11.2. The summed E-state index contributed by atoms with van der Waals surface area (Å²) in [5.74, 6) is 1.37. The molecule has 0 aliphatic carbocycles. The van der Waals surface area contributed by atoms with Crippen molar-refractivity contribution < 1.29 is 4.74 Å². The molecule has 0 radical (unpaired) electrons. The van der Waals surface area contributed by atoms with Gasteiger partial charge >= 0.3 is 0 Å². The molecule has 0 amide bonds. The smallest absolute Gasteiger partial charge is 0.254 e. The van der Waals surface area contributed by atoms with Crippen LogP contribution in [0.1, 0.15) is 30.6 Å². The Morgan fingerprint density at radius 1 is 1.35 bits per heavy atom. The average Bonchev–Trinajstić information content (AvgIpc) is 3.01. The minimum atomic E-state index is 0.110. The van der Waals surface area contributed by atoms with E-state index in [-0.39, 0.29) is 6.04 Å². The van der Waals surface area contributed by atoms with Gasteiger partial charge in [0.25, 0.3) is 5.78 Å². The molecule has 6 nitrogen and oxygen atoms in total. The molecule has 2 aromatic heterocycles. The normalized spacial score (nSPS) is 12.5. The number of nitrogens with zero attached hydrogens (tertiary/aromatic N) is 4. The lowest BCUT2D eigenvalue weighted by Gasteiger charge is -2.19. The van der Waals surface area contributed by atoms with Gasteiger partial charge in [-0.15, -0.1) is 0 Å². The first-order valence-corrected chi connectivity index (χ1v) is 7.79. The molecule has 0 aliphatic heterocycles.